The second-order valence-electron chi connectivity index (χ2n) is 19.6. The summed E-state index contributed by atoms with van der Waals surface area (Å²) in [4.78, 5) is 172. The molecule has 0 spiro atoms. The Balaban J connectivity index is 2.07. The molecule has 2 aromatic rings. The first kappa shape index (κ1) is 71.7. The van der Waals surface area contributed by atoms with Crippen LogP contribution in [0.4, 0.5) is 0 Å². The Hall–Kier alpha value is -7.42. The van der Waals surface area contributed by atoms with Gasteiger partial charge in [-0.15, -0.1) is 0 Å². The highest BCUT2D eigenvalue weighted by atomic mass is 32.2. The monoisotopic (exact) mass is 1190 g/mol. The lowest BCUT2D eigenvalue weighted by Gasteiger charge is -2.31. The Morgan fingerprint density at radius 1 is 0.590 bits per heavy atom. The SMILES string of the molecule is COc1ccc(CN(CC(=O)N(CN)CC(=O)N(CN)CC(=O)N(CC(=O)N(CN)CC(=O)CCC(=O)CCC(=O)CCC(=O)NC(CCSC)C(N)=O)CC(C)C)C(=O)CN(CN)C(=O)CN(CN)C(=O)CNCCc2cnc[nH]2)cc1. The summed E-state index contributed by atoms with van der Waals surface area (Å²) in [5.41, 5.74) is 36.3. The van der Waals surface area contributed by atoms with Crippen LogP contribution in [0.2, 0.25) is 0 Å². The maximum atomic E-state index is 14.1. The number of nitrogens with two attached hydrogens (primary N) is 6. The number of thioether (sulfide) groups is 1. The van der Waals surface area contributed by atoms with Crippen LogP contribution in [-0.2, 0) is 70.5 Å². The van der Waals surface area contributed by atoms with E-state index in [9.17, 15) is 57.5 Å². The molecule has 0 saturated carbocycles. The number of aromatic nitrogens is 2. The highest BCUT2D eigenvalue weighted by Crippen LogP contribution is 2.15. The fourth-order valence-electron chi connectivity index (χ4n) is 7.82. The van der Waals surface area contributed by atoms with Gasteiger partial charge < -0.3 is 89.1 Å². The highest BCUT2D eigenvalue weighted by Gasteiger charge is 2.30. The molecule has 0 bridgehead atoms. The van der Waals surface area contributed by atoms with Crippen LogP contribution in [0.5, 0.6) is 5.75 Å². The molecular weight excluding hydrogens is 1100 g/mol. The average Bonchev–Trinajstić information content (AvgIpc) is 4.03. The lowest BCUT2D eigenvalue weighted by atomic mass is 10.0. The molecule has 1 aromatic heterocycles. The number of H-pyrrole nitrogens is 1. The molecule has 0 aliphatic rings. The second kappa shape index (κ2) is 39.1. The molecule has 2 rings (SSSR count). The molecule has 1 heterocycles. The fourth-order valence-corrected chi connectivity index (χ4v) is 8.29. The van der Waals surface area contributed by atoms with Gasteiger partial charge in [-0.25, -0.2) is 4.98 Å². The molecule has 1 atom stereocenters. The van der Waals surface area contributed by atoms with Crippen molar-refractivity contribution in [2.75, 3.05) is 118 Å². The number of hydrogen-bond donors (Lipinski definition) is 9. The maximum absolute atomic E-state index is 14.1. The largest absolute Gasteiger partial charge is 0.497 e. The van der Waals surface area contributed by atoms with Crippen LogP contribution >= 0.6 is 11.8 Å². The molecule has 9 amide bonds. The van der Waals surface area contributed by atoms with Crippen molar-refractivity contribution in [3.8, 4) is 5.75 Å². The summed E-state index contributed by atoms with van der Waals surface area (Å²) in [6.07, 6.45) is 4.72. The third-order valence-electron chi connectivity index (χ3n) is 12.7. The van der Waals surface area contributed by atoms with E-state index < -0.39 is 143 Å². The van der Waals surface area contributed by atoms with Gasteiger partial charge in [-0.3, -0.25) is 57.5 Å². The Kier molecular flexibility index (Phi) is 33.8. The van der Waals surface area contributed by atoms with Gasteiger partial charge in [0.25, 0.3) is 0 Å². The van der Waals surface area contributed by atoms with Crippen LogP contribution < -0.4 is 49.8 Å². The van der Waals surface area contributed by atoms with Gasteiger partial charge in [0.2, 0.25) is 53.2 Å². The van der Waals surface area contributed by atoms with Crippen LogP contribution in [0.3, 0.4) is 0 Å². The van der Waals surface area contributed by atoms with Crippen LogP contribution in [0.25, 0.3) is 0 Å². The summed E-state index contributed by atoms with van der Waals surface area (Å²) in [6.45, 7) is -2.63. The molecule has 15 N–H and O–H groups in total. The number of carbonyl (C=O) groups excluding carboxylic acids is 12. The van der Waals surface area contributed by atoms with Gasteiger partial charge in [0, 0.05) is 76.5 Å². The molecule has 30 nitrogen and oxygen atoms in total. The summed E-state index contributed by atoms with van der Waals surface area (Å²) in [5, 5.41) is 5.49. The van der Waals surface area contributed by atoms with Crippen molar-refractivity contribution in [3.63, 3.8) is 0 Å². The van der Waals surface area contributed by atoms with Gasteiger partial charge in [-0.2, -0.15) is 11.8 Å². The summed E-state index contributed by atoms with van der Waals surface area (Å²) in [6, 6.07) is 5.72. The number of rotatable bonds is 43. The van der Waals surface area contributed by atoms with E-state index in [1.807, 2.05) is 6.26 Å². The van der Waals surface area contributed by atoms with Crippen molar-refractivity contribution in [2.24, 2.45) is 40.3 Å². The van der Waals surface area contributed by atoms with Gasteiger partial charge in [-0.05, 0) is 42.0 Å². The number of primary amides is 1. The second-order valence-corrected chi connectivity index (χ2v) is 20.5. The van der Waals surface area contributed by atoms with Crippen molar-refractivity contribution < 1.29 is 62.3 Å². The lowest BCUT2D eigenvalue weighted by Crippen LogP contribution is -2.54. The predicted octanol–water partition coefficient (Wildman–Crippen LogP) is -4.44. The molecule has 0 aliphatic carbocycles. The average molecular weight is 1190 g/mol. The van der Waals surface area contributed by atoms with E-state index in [0.717, 1.165) is 35.1 Å². The van der Waals surface area contributed by atoms with Gasteiger partial charge >= 0.3 is 0 Å². The van der Waals surface area contributed by atoms with Crippen LogP contribution in [0.15, 0.2) is 36.8 Å². The Morgan fingerprint density at radius 3 is 1.47 bits per heavy atom. The zero-order valence-electron chi connectivity index (χ0n) is 48.1. The molecule has 0 radical (unpaired) electrons. The number of Topliss-reactive ketones (excluding diaryl/α,β-unsaturated/α-hetero) is 3. The van der Waals surface area contributed by atoms with Gasteiger partial charge in [0.15, 0.2) is 5.78 Å². The Morgan fingerprint density at radius 2 is 1.02 bits per heavy atom. The van der Waals surface area contributed by atoms with E-state index >= 15 is 0 Å². The number of nitrogens with one attached hydrogen (secondary N) is 3. The number of carbonyl (C=O) groups is 12. The van der Waals surface area contributed by atoms with E-state index in [0.29, 0.717) is 36.5 Å². The van der Waals surface area contributed by atoms with Crippen LogP contribution in [0, 0.1) is 5.92 Å². The molecule has 462 valence electrons. The minimum absolute atomic E-state index is 0.0287. The molecule has 0 saturated heterocycles. The quantitative estimate of drug-likeness (QED) is 0.0223. The minimum Gasteiger partial charge on any atom is -0.497 e. The normalized spacial score (nSPS) is 11.3. The van der Waals surface area contributed by atoms with Gasteiger partial charge in [0.1, 0.15) is 56.1 Å². The first-order valence-corrected chi connectivity index (χ1v) is 28.3. The van der Waals surface area contributed by atoms with Crippen molar-refractivity contribution in [3.05, 3.63) is 48.0 Å². The number of ether oxygens (including phenoxy) is 1. The molecule has 1 unspecified atom stereocenters. The lowest BCUT2D eigenvalue weighted by molar-refractivity contribution is -0.148. The molecular formula is C52H85N17O13S. The molecule has 0 aliphatic heterocycles. The van der Waals surface area contributed by atoms with Crippen LogP contribution in [0.1, 0.15) is 70.1 Å². The van der Waals surface area contributed by atoms with Crippen LogP contribution in [-0.4, -0.2) is 239 Å². The summed E-state index contributed by atoms with van der Waals surface area (Å²) < 4.78 is 5.25. The number of nitrogens with zero attached hydrogens (tertiary/aromatic N) is 8. The zero-order valence-corrected chi connectivity index (χ0v) is 48.9. The number of amides is 9. The van der Waals surface area contributed by atoms with E-state index in [1.54, 1.807) is 44.3 Å². The number of aromatic amines is 1. The molecule has 1 aromatic carbocycles. The number of benzene rings is 1. The van der Waals surface area contributed by atoms with Gasteiger partial charge in [-0.1, -0.05) is 26.0 Å². The molecule has 31 heteroatoms. The first-order valence-electron chi connectivity index (χ1n) is 26.9. The molecule has 83 heavy (non-hydrogen) atoms. The van der Waals surface area contributed by atoms with Crippen molar-refractivity contribution in [2.45, 2.75) is 77.8 Å². The maximum Gasteiger partial charge on any atom is 0.243 e. The van der Waals surface area contributed by atoms with Gasteiger partial charge in [0.05, 0.1) is 66.4 Å². The number of methoxy groups -OCH3 is 1. The fraction of sp³-hybridized carbons (Fsp3) is 0.596. The minimum atomic E-state index is -0.862. The summed E-state index contributed by atoms with van der Waals surface area (Å²) >= 11 is 1.48. The summed E-state index contributed by atoms with van der Waals surface area (Å²) in [7, 11) is 1.47. The molecule has 0 fully saturated rings. The first-order chi connectivity index (χ1) is 39.5. The van der Waals surface area contributed by atoms with Crippen molar-refractivity contribution in [1.82, 2.24) is 54.9 Å². The van der Waals surface area contributed by atoms with Crippen molar-refractivity contribution >= 4 is 82.3 Å². The third-order valence-corrected chi connectivity index (χ3v) is 13.3. The van der Waals surface area contributed by atoms with E-state index in [1.165, 1.54) is 30.1 Å². The number of ketones is 3. The van der Waals surface area contributed by atoms with E-state index in [4.69, 9.17) is 39.1 Å². The third kappa shape index (κ3) is 27.5. The zero-order chi connectivity index (χ0) is 62.0. The Bertz CT molecular complexity index is 2450. The standard InChI is InChI=1S/C52H85N17O13S/c1-36(2)21-63(24-48(77)65(30-53)23-41(72)10-9-39(70)7-8-40(71)11-14-44(73)62-43(52(58)81)16-18-83-4)46(75)26-67(32-55)51(80)29-69(34-57)49(78)25-64(22-37-5-12-42(82-3)13-6-37)47(76)27-68(33-56)50(79)28-66(31-54)45(74)20-59-17-15-38-19-60-35-61-38/h5-6,12-13,19,35-36,43,59H,7-11,14-18,20-34,53-57H2,1-4H3,(H2,58,81)(H,60,61)(H,62,73). The smallest absolute Gasteiger partial charge is 0.243 e. The number of hydrogen-bond acceptors (Lipinski definition) is 21. The van der Waals surface area contributed by atoms with Crippen molar-refractivity contribution in [1.29, 1.82) is 0 Å². The highest BCUT2D eigenvalue weighted by molar-refractivity contribution is 7.98. The topological polar surface area (TPSA) is 446 Å². The van der Waals surface area contributed by atoms with E-state index in [2.05, 4.69) is 20.6 Å². The predicted molar refractivity (Wildman–Crippen MR) is 306 cm³/mol. The Labute approximate surface area is 487 Å². The number of imidazole rings is 1. The summed E-state index contributed by atoms with van der Waals surface area (Å²) in [5.74, 6) is -6.54. The van der Waals surface area contributed by atoms with E-state index in [-0.39, 0.29) is 76.5 Å².